The van der Waals surface area contributed by atoms with Crippen molar-refractivity contribution in [3.05, 3.63) is 0 Å². The lowest BCUT2D eigenvalue weighted by atomic mass is 9.93. The summed E-state index contributed by atoms with van der Waals surface area (Å²) in [7, 11) is 0. The van der Waals surface area contributed by atoms with Gasteiger partial charge in [-0.25, -0.2) is 0 Å². The van der Waals surface area contributed by atoms with Crippen molar-refractivity contribution in [2.24, 2.45) is 11.8 Å². The average molecular weight is 188 g/mol. The minimum atomic E-state index is -1.25. The van der Waals surface area contributed by atoms with E-state index in [9.17, 15) is 9.59 Å². The summed E-state index contributed by atoms with van der Waals surface area (Å²) in [4.78, 5) is 21.0. The number of aliphatic carboxylic acids is 2. The Bertz CT molecular complexity index is 174. The van der Waals surface area contributed by atoms with Crippen LogP contribution in [0.15, 0.2) is 0 Å². The molecule has 0 radical (unpaired) electrons. The maximum Gasteiger partial charge on any atom is 0.317 e. The van der Waals surface area contributed by atoms with E-state index in [0.29, 0.717) is 0 Å². The molecule has 0 aromatic heterocycles. The quantitative estimate of drug-likeness (QED) is 0.621. The Hall–Kier alpha value is -1.06. The summed E-state index contributed by atoms with van der Waals surface area (Å²) in [5, 5.41) is 17.2. The van der Waals surface area contributed by atoms with Crippen molar-refractivity contribution in [3.63, 3.8) is 0 Å². The van der Waals surface area contributed by atoms with E-state index < -0.39 is 17.9 Å². The van der Waals surface area contributed by atoms with Crippen LogP contribution < -0.4 is 0 Å². The third-order valence-corrected chi connectivity index (χ3v) is 2.02. The Morgan fingerprint density at radius 1 is 1.23 bits per heavy atom. The fourth-order valence-corrected chi connectivity index (χ4v) is 1.32. The van der Waals surface area contributed by atoms with E-state index >= 15 is 0 Å². The highest BCUT2D eigenvalue weighted by atomic mass is 16.4. The molecule has 0 saturated carbocycles. The van der Waals surface area contributed by atoms with Crippen LogP contribution in [0.4, 0.5) is 0 Å². The van der Waals surface area contributed by atoms with Gasteiger partial charge in [0.15, 0.2) is 5.92 Å². The molecule has 0 rings (SSSR count). The molecule has 0 aliphatic rings. The second-order valence-electron chi connectivity index (χ2n) is 3.36. The van der Waals surface area contributed by atoms with Crippen LogP contribution in [0.1, 0.15) is 33.1 Å². The second-order valence-corrected chi connectivity index (χ2v) is 3.36. The Labute approximate surface area is 77.6 Å². The molecule has 0 unspecified atom stereocenters. The monoisotopic (exact) mass is 188 g/mol. The van der Waals surface area contributed by atoms with Crippen LogP contribution in [0.25, 0.3) is 0 Å². The Kier molecular flexibility index (Phi) is 5.11. The van der Waals surface area contributed by atoms with E-state index in [2.05, 4.69) is 0 Å². The summed E-state index contributed by atoms with van der Waals surface area (Å²) in [6, 6.07) is 0. The van der Waals surface area contributed by atoms with Gasteiger partial charge in [-0.1, -0.05) is 26.7 Å². The highest BCUT2D eigenvalue weighted by Crippen LogP contribution is 2.17. The SMILES string of the molecule is CCC[C@@H](C)CC(C(=O)O)C(=O)O. The standard InChI is InChI=1S/C9H16O4/c1-3-4-6(2)5-7(8(10)11)9(12)13/h6-7H,3-5H2,1-2H3,(H,10,11)(H,12,13)/t6-/m1/s1. The number of carboxylic acids is 2. The topological polar surface area (TPSA) is 74.6 Å². The van der Waals surface area contributed by atoms with Gasteiger partial charge in [0.25, 0.3) is 0 Å². The Morgan fingerprint density at radius 3 is 2.00 bits per heavy atom. The zero-order chi connectivity index (χ0) is 10.4. The third kappa shape index (κ3) is 4.50. The Morgan fingerprint density at radius 2 is 1.69 bits per heavy atom. The lowest BCUT2D eigenvalue weighted by molar-refractivity contribution is -0.155. The molecular formula is C9H16O4. The maximum atomic E-state index is 10.5. The van der Waals surface area contributed by atoms with Crippen molar-refractivity contribution < 1.29 is 19.8 Å². The fraction of sp³-hybridized carbons (Fsp3) is 0.778. The molecule has 0 aliphatic heterocycles. The van der Waals surface area contributed by atoms with Crippen LogP contribution in [0.2, 0.25) is 0 Å². The molecule has 0 heterocycles. The van der Waals surface area contributed by atoms with Gasteiger partial charge in [0, 0.05) is 0 Å². The first-order valence-electron chi connectivity index (χ1n) is 4.44. The van der Waals surface area contributed by atoms with Crippen LogP contribution in [0, 0.1) is 11.8 Å². The van der Waals surface area contributed by atoms with Gasteiger partial charge < -0.3 is 10.2 Å². The van der Waals surface area contributed by atoms with Gasteiger partial charge in [0.05, 0.1) is 0 Å². The predicted molar refractivity (Wildman–Crippen MR) is 47.5 cm³/mol. The van der Waals surface area contributed by atoms with E-state index in [0.717, 1.165) is 12.8 Å². The molecule has 2 N–H and O–H groups in total. The first kappa shape index (κ1) is 11.9. The smallest absolute Gasteiger partial charge is 0.317 e. The molecule has 13 heavy (non-hydrogen) atoms. The summed E-state index contributed by atoms with van der Waals surface area (Å²) in [5.74, 6) is -3.57. The van der Waals surface area contributed by atoms with Crippen molar-refractivity contribution in [1.82, 2.24) is 0 Å². The summed E-state index contributed by atoms with van der Waals surface area (Å²) in [5.41, 5.74) is 0. The molecule has 0 spiro atoms. The molecular weight excluding hydrogens is 172 g/mol. The van der Waals surface area contributed by atoms with Crippen LogP contribution in [0.5, 0.6) is 0 Å². The lowest BCUT2D eigenvalue weighted by Gasteiger charge is -2.12. The van der Waals surface area contributed by atoms with Crippen LogP contribution in [0.3, 0.4) is 0 Å². The minimum absolute atomic E-state index is 0.155. The minimum Gasteiger partial charge on any atom is -0.481 e. The van der Waals surface area contributed by atoms with Gasteiger partial charge in [0.1, 0.15) is 0 Å². The van der Waals surface area contributed by atoms with Crippen molar-refractivity contribution >= 4 is 11.9 Å². The summed E-state index contributed by atoms with van der Waals surface area (Å²) in [6.07, 6.45) is 2.04. The molecule has 0 amide bonds. The first-order valence-corrected chi connectivity index (χ1v) is 4.44. The molecule has 1 atom stereocenters. The third-order valence-electron chi connectivity index (χ3n) is 2.02. The molecule has 0 bridgehead atoms. The van der Waals surface area contributed by atoms with Gasteiger partial charge >= 0.3 is 11.9 Å². The van der Waals surface area contributed by atoms with Gasteiger partial charge in [0.2, 0.25) is 0 Å². The van der Waals surface area contributed by atoms with Gasteiger partial charge in [-0.15, -0.1) is 0 Å². The van der Waals surface area contributed by atoms with Crippen molar-refractivity contribution in [1.29, 1.82) is 0 Å². The van der Waals surface area contributed by atoms with E-state index in [-0.39, 0.29) is 12.3 Å². The number of hydrogen-bond acceptors (Lipinski definition) is 2. The summed E-state index contributed by atoms with van der Waals surface area (Å²) >= 11 is 0. The molecule has 0 fully saturated rings. The van der Waals surface area contributed by atoms with Crippen LogP contribution in [-0.2, 0) is 9.59 Å². The molecule has 0 aliphatic carbocycles. The zero-order valence-electron chi connectivity index (χ0n) is 7.99. The predicted octanol–water partition coefficient (Wildman–Crippen LogP) is 1.60. The number of carbonyl (C=O) groups is 2. The summed E-state index contributed by atoms with van der Waals surface area (Å²) in [6.45, 7) is 3.87. The Balaban J connectivity index is 4.10. The zero-order valence-corrected chi connectivity index (χ0v) is 7.99. The number of hydrogen-bond donors (Lipinski definition) is 2. The summed E-state index contributed by atoms with van der Waals surface area (Å²) < 4.78 is 0. The first-order chi connectivity index (χ1) is 5.99. The van der Waals surface area contributed by atoms with Crippen LogP contribution >= 0.6 is 0 Å². The molecule has 0 saturated heterocycles. The van der Waals surface area contributed by atoms with Gasteiger partial charge in [-0.2, -0.15) is 0 Å². The lowest BCUT2D eigenvalue weighted by Crippen LogP contribution is -2.25. The van der Waals surface area contributed by atoms with Crippen molar-refractivity contribution in [3.8, 4) is 0 Å². The molecule has 76 valence electrons. The van der Waals surface area contributed by atoms with E-state index in [1.165, 1.54) is 0 Å². The van der Waals surface area contributed by atoms with E-state index in [1.807, 2.05) is 13.8 Å². The van der Waals surface area contributed by atoms with Crippen molar-refractivity contribution in [2.45, 2.75) is 33.1 Å². The molecule has 4 nitrogen and oxygen atoms in total. The number of rotatable bonds is 6. The largest absolute Gasteiger partial charge is 0.481 e. The van der Waals surface area contributed by atoms with Crippen LogP contribution in [-0.4, -0.2) is 22.2 Å². The average Bonchev–Trinajstić information content (AvgIpc) is 1.99. The van der Waals surface area contributed by atoms with Gasteiger partial charge in [-0.3, -0.25) is 9.59 Å². The van der Waals surface area contributed by atoms with E-state index in [1.54, 1.807) is 0 Å². The van der Waals surface area contributed by atoms with Crippen molar-refractivity contribution in [2.75, 3.05) is 0 Å². The molecule has 4 heteroatoms. The van der Waals surface area contributed by atoms with Gasteiger partial charge in [-0.05, 0) is 12.3 Å². The molecule has 0 aromatic carbocycles. The highest BCUT2D eigenvalue weighted by molar-refractivity contribution is 5.92. The van der Waals surface area contributed by atoms with E-state index in [4.69, 9.17) is 10.2 Å². The normalized spacial score (nSPS) is 12.8. The second kappa shape index (κ2) is 5.56. The molecule has 0 aromatic rings. The number of carboxylic acid groups (broad SMARTS) is 2. The maximum absolute atomic E-state index is 10.5. The highest BCUT2D eigenvalue weighted by Gasteiger charge is 2.27. The fourth-order valence-electron chi connectivity index (χ4n) is 1.32.